The standard InChI is InChI=1S/C10H7F2N.Ti/c11-8-3-4-10(9(12)7-8)13-5-1-2-6-13;/h1-6,10H;. The second-order valence-corrected chi connectivity index (χ2v) is 2.76. The van der Waals surface area contributed by atoms with Crippen molar-refractivity contribution in [1.82, 2.24) is 4.57 Å². The average Bonchev–Trinajstić information content (AvgIpc) is 2.56. The van der Waals surface area contributed by atoms with Gasteiger partial charge in [-0.05, 0) is 23.9 Å². The summed E-state index contributed by atoms with van der Waals surface area (Å²) in [6.45, 7) is 0. The molecule has 70 valence electrons. The van der Waals surface area contributed by atoms with E-state index in [1.807, 2.05) is 5.73 Å². The summed E-state index contributed by atoms with van der Waals surface area (Å²) in [6.07, 6.45) is 6.12. The Hall–Kier alpha value is -0.886. The van der Waals surface area contributed by atoms with Crippen LogP contribution in [-0.2, 0) is 21.7 Å². The smallest absolute Gasteiger partial charge is 0.172 e. The quantitative estimate of drug-likeness (QED) is 0.513. The van der Waals surface area contributed by atoms with Gasteiger partial charge in [-0.25, -0.2) is 0 Å². The zero-order valence-electron chi connectivity index (χ0n) is 7.24. The number of hydrogen-bond acceptors (Lipinski definition) is 0. The molecule has 1 aliphatic rings. The van der Waals surface area contributed by atoms with Crippen LogP contribution in [0.3, 0.4) is 0 Å². The number of nitrogens with zero attached hydrogens (tertiary/aromatic N) is 1. The molecule has 0 fully saturated rings. The SMILES string of the molecule is FC1=C=C(F)C(n2cccc2)C=C1.[Ti]. The minimum Gasteiger partial charge on any atom is -0.340 e. The van der Waals surface area contributed by atoms with Crippen molar-refractivity contribution in [1.29, 1.82) is 0 Å². The summed E-state index contributed by atoms with van der Waals surface area (Å²) in [6, 6.07) is 3.03. The molecule has 1 aromatic rings. The van der Waals surface area contributed by atoms with E-state index < -0.39 is 17.7 Å². The number of rotatable bonds is 1. The van der Waals surface area contributed by atoms with Gasteiger partial charge in [-0.15, -0.1) is 0 Å². The normalized spacial score (nSPS) is 19.7. The van der Waals surface area contributed by atoms with Gasteiger partial charge in [0.15, 0.2) is 11.7 Å². The third-order valence-electron chi connectivity index (χ3n) is 1.87. The molecule has 0 N–H and O–H groups in total. The third-order valence-corrected chi connectivity index (χ3v) is 1.87. The summed E-state index contributed by atoms with van der Waals surface area (Å²) in [7, 11) is 0. The van der Waals surface area contributed by atoms with Gasteiger partial charge in [0.05, 0.1) is 0 Å². The van der Waals surface area contributed by atoms with E-state index in [0.717, 1.165) is 0 Å². The van der Waals surface area contributed by atoms with Crippen LogP contribution in [0.25, 0.3) is 0 Å². The molecule has 0 spiro atoms. The Kier molecular flexibility index (Phi) is 3.65. The number of aromatic nitrogens is 1. The van der Waals surface area contributed by atoms with E-state index in [9.17, 15) is 8.78 Å². The van der Waals surface area contributed by atoms with Crippen LogP contribution in [0.4, 0.5) is 8.78 Å². The molecule has 1 aromatic heterocycles. The van der Waals surface area contributed by atoms with Gasteiger partial charge in [0.1, 0.15) is 6.04 Å². The average molecular weight is 227 g/mol. The topological polar surface area (TPSA) is 4.93 Å². The zero-order valence-corrected chi connectivity index (χ0v) is 8.81. The molecule has 1 nitrogen and oxygen atoms in total. The van der Waals surface area contributed by atoms with Gasteiger partial charge in [-0.3, -0.25) is 0 Å². The molecular formula is C10H7F2NTi. The molecule has 14 heavy (non-hydrogen) atoms. The van der Waals surface area contributed by atoms with E-state index in [-0.39, 0.29) is 21.7 Å². The van der Waals surface area contributed by atoms with Crippen molar-refractivity contribution >= 4 is 0 Å². The van der Waals surface area contributed by atoms with Gasteiger partial charge >= 0.3 is 0 Å². The fraction of sp³-hybridized carbons (Fsp3) is 0.100. The molecule has 1 aliphatic carbocycles. The molecule has 0 aromatic carbocycles. The van der Waals surface area contributed by atoms with Crippen LogP contribution in [0.2, 0.25) is 0 Å². The Morgan fingerprint density at radius 1 is 1.21 bits per heavy atom. The van der Waals surface area contributed by atoms with Gasteiger partial charge in [-0.2, -0.15) is 8.78 Å². The molecule has 0 amide bonds. The minimum atomic E-state index is -0.666. The summed E-state index contributed by atoms with van der Waals surface area (Å²) in [5.41, 5.74) is 2.01. The summed E-state index contributed by atoms with van der Waals surface area (Å²) < 4.78 is 27.3. The first-order valence-corrected chi connectivity index (χ1v) is 3.90. The molecule has 0 aliphatic heterocycles. The summed E-state index contributed by atoms with van der Waals surface area (Å²) in [4.78, 5) is 0. The van der Waals surface area contributed by atoms with Crippen LogP contribution in [0.5, 0.6) is 0 Å². The van der Waals surface area contributed by atoms with Crippen molar-refractivity contribution in [3.8, 4) is 0 Å². The van der Waals surface area contributed by atoms with Crippen LogP contribution >= 0.6 is 0 Å². The predicted molar refractivity (Wildman–Crippen MR) is 45.4 cm³/mol. The van der Waals surface area contributed by atoms with Gasteiger partial charge < -0.3 is 4.57 Å². The number of halogens is 2. The second-order valence-electron chi connectivity index (χ2n) is 2.76. The maximum atomic E-state index is 13.1. The molecular weight excluding hydrogens is 220 g/mol. The van der Waals surface area contributed by atoms with E-state index in [1.54, 1.807) is 29.1 Å². The van der Waals surface area contributed by atoms with Gasteiger partial charge in [0, 0.05) is 34.1 Å². The molecule has 4 heteroatoms. The molecule has 2 rings (SSSR count). The van der Waals surface area contributed by atoms with E-state index in [1.165, 1.54) is 12.2 Å². The minimum absolute atomic E-state index is 0. The third kappa shape index (κ3) is 2.13. The molecule has 1 unspecified atom stereocenters. The van der Waals surface area contributed by atoms with E-state index >= 15 is 0 Å². The van der Waals surface area contributed by atoms with Crippen LogP contribution in [-0.4, -0.2) is 4.57 Å². The van der Waals surface area contributed by atoms with Crippen LogP contribution < -0.4 is 0 Å². The molecule has 1 heterocycles. The summed E-state index contributed by atoms with van der Waals surface area (Å²) in [5, 5.41) is 0. The number of hydrogen-bond donors (Lipinski definition) is 0. The van der Waals surface area contributed by atoms with Crippen molar-refractivity contribution in [2.75, 3.05) is 0 Å². The maximum Gasteiger partial charge on any atom is 0.172 e. The fourth-order valence-corrected chi connectivity index (χ4v) is 1.25. The maximum absolute atomic E-state index is 13.1. The van der Waals surface area contributed by atoms with Crippen molar-refractivity contribution in [2.24, 2.45) is 0 Å². The van der Waals surface area contributed by atoms with Crippen molar-refractivity contribution in [3.63, 3.8) is 0 Å². The molecule has 0 radical (unpaired) electrons. The van der Waals surface area contributed by atoms with E-state index in [2.05, 4.69) is 0 Å². The molecule has 1 atom stereocenters. The number of allylic oxidation sites excluding steroid dienone is 3. The van der Waals surface area contributed by atoms with Gasteiger partial charge in [0.25, 0.3) is 0 Å². The van der Waals surface area contributed by atoms with E-state index in [0.29, 0.717) is 0 Å². The Bertz CT molecular complexity index is 400. The van der Waals surface area contributed by atoms with Crippen LogP contribution in [0.1, 0.15) is 6.04 Å². The second kappa shape index (κ2) is 4.56. The van der Waals surface area contributed by atoms with Crippen LogP contribution in [0.15, 0.2) is 54.1 Å². The van der Waals surface area contributed by atoms with Crippen LogP contribution in [0, 0.1) is 0 Å². The summed E-state index contributed by atoms with van der Waals surface area (Å²) >= 11 is 0. The Morgan fingerprint density at radius 2 is 1.86 bits per heavy atom. The fourth-order valence-electron chi connectivity index (χ4n) is 1.25. The van der Waals surface area contributed by atoms with Crippen molar-refractivity contribution in [2.45, 2.75) is 6.04 Å². The predicted octanol–water partition coefficient (Wildman–Crippen LogP) is 2.90. The van der Waals surface area contributed by atoms with Crippen molar-refractivity contribution < 1.29 is 30.5 Å². The zero-order chi connectivity index (χ0) is 9.26. The first-order valence-electron chi connectivity index (χ1n) is 3.90. The molecule has 0 bridgehead atoms. The first-order chi connectivity index (χ1) is 6.27. The monoisotopic (exact) mass is 227 g/mol. The largest absolute Gasteiger partial charge is 0.340 e. The summed E-state index contributed by atoms with van der Waals surface area (Å²) in [5.74, 6) is -1.27. The van der Waals surface area contributed by atoms with Crippen molar-refractivity contribution in [3.05, 3.63) is 54.1 Å². The Morgan fingerprint density at radius 3 is 2.43 bits per heavy atom. The van der Waals surface area contributed by atoms with Gasteiger partial charge in [0.2, 0.25) is 0 Å². The Labute approximate surface area is 95.3 Å². The van der Waals surface area contributed by atoms with Gasteiger partial charge in [-0.1, -0.05) is 6.08 Å². The Balaban J connectivity index is 0.000000980. The first kappa shape index (κ1) is 11.2. The molecule has 0 saturated heterocycles. The molecule has 0 saturated carbocycles. The van der Waals surface area contributed by atoms with E-state index in [4.69, 9.17) is 0 Å².